The fraction of sp³-hybridized carbons (Fsp3) is 0.278. The van der Waals surface area contributed by atoms with Crippen LogP contribution in [0.1, 0.15) is 35.4 Å². The van der Waals surface area contributed by atoms with Gasteiger partial charge in [0, 0.05) is 0 Å². The first-order valence-corrected chi connectivity index (χ1v) is 6.97. The average Bonchev–Trinajstić information content (AvgIpc) is 2.38. The number of carboxylic acids is 1. The highest BCUT2D eigenvalue weighted by Gasteiger charge is 2.51. The number of carboxylic acid groups (broad SMARTS) is 1. The second-order valence-corrected chi connectivity index (χ2v) is 5.77. The second-order valence-electron chi connectivity index (χ2n) is 5.77. The van der Waals surface area contributed by atoms with Gasteiger partial charge < -0.3 is 5.11 Å². The molecule has 0 aromatic heterocycles. The standard InChI is InChI=1S/C18H18O2/c1-13-6-5-9-16(10-13)18(17(19)20)11-15(12-18)14-7-3-2-4-8-14/h2-10,15H,11-12H2,1H3,(H,19,20). The van der Waals surface area contributed by atoms with Gasteiger partial charge in [-0.3, -0.25) is 4.79 Å². The van der Waals surface area contributed by atoms with Crippen LogP contribution in [0.5, 0.6) is 0 Å². The van der Waals surface area contributed by atoms with Crippen molar-refractivity contribution in [1.29, 1.82) is 0 Å². The molecule has 2 aromatic rings. The molecular formula is C18H18O2. The maximum Gasteiger partial charge on any atom is 0.314 e. The molecule has 0 bridgehead atoms. The first-order chi connectivity index (χ1) is 9.62. The normalized spacial score (nSPS) is 24.9. The van der Waals surface area contributed by atoms with Crippen molar-refractivity contribution in [2.75, 3.05) is 0 Å². The van der Waals surface area contributed by atoms with Crippen LogP contribution in [-0.4, -0.2) is 11.1 Å². The van der Waals surface area contributed by atoms with Crippen LogP contribution in [0, 0.1) is 6.92 Å². The summed E-state index contributed by atoms with van der Waals surface area (Å²) < 4.78 is 0. The lowest BCUT2D eigenvalue weighted by atomic mass is 9.57. The molecule has 0 heterocycles. The Hall–Kier alpha value is -2.09. The van der Waals surface area contributed by atoms with Crippen LogP contribution in [0.25, 0.3) is 0 Å². The number of aliphatic carboxylic acids is 1. The summed E-state index contributed by atoms with van der Waals surface area (Å²) in [6.45, 7) is 2.01. The highest BCUT2D eigenvalue weighted by molar-refractivity contribution is 5.83. The van der Waals surface area contributed by atoms with Gasteiger partial charge in [0.25, 0.3) is 0 Å². The molecule has 0 aliphatic heterocycles. The minimum Gasteiger partial charge on any atom is -0.481 e. The molecule has 102 valence electrons. The van der Waals surface area contributed by atoms with Crippen molar-refractivity contribution in [2.45, 2.75) is 31.1 Å². The SMILES string of the molecule is Cc1cccc(C2(C(=O)O)CC(c3ccccc3)C2)c1. The zero-order chi connectivity index (χ0) is 14.2. The Morgan fingerprint density at radius 2 is 1.80 bits per heavy atom. The van der Waals surface area contributed by atoms with Crippen LogP contribution in [0.2, 0.25) is 0 Å². The molecule has 0 radical (unpaired) electrons. The van der Waals surface area contributed by atoms with E-state index in [0.717, 1.165) is 11.1 Å². The number of aryl methyl sites for hydroxylation is 1. The van der Waals surface area contributed by atoms with E-state index in [-0.39, 0.29) is 0 Å². The summed E-state index contributed by atoms with van der Waals surface area (Å²) in [5, 5.41) is 9.69. The molecule has 0 spiro atoms. The summed E-state index contributed by atoms with van der Waals surface area (Å²) in [5.41, 5.74) is 2.60. The van der Waals surface area contributed by atoms with Crippen molar-refractivity contribution in [3.05, 3.63) is 71.3 Å². The van der Waals surface area contributed by atoms with Crippen LogP contribution in [0.4, 0.5) is 0 Å². The van der Waals surface area contributed by atoms with Gasteiger partial charge in [-0.05, 0) is 36.8 Å². The van der Waals surface area contributed by atoms with Gasteiger partial charge in [0.2, 0.25) is 0 Å². The summed E-state index contributed by atoms with van der Waals surface area (Å²) in [6.07, 6.45) is 1.38. The van der Waals surface area contributed by atoms with E-state index < -0.39 is 11.4 Å². The number of rotatable bonds is 3. The number of hydrogen-bond acceptors (Lipinski definition) is 1. The molecule has 20 heavy (non-hydrogen) atoms. The molecule has 1 fully saturated rings. The third-order valence-electron chi connectivity index (χ3n) is 4.44. The van der Waals surface area contributed by atoms with Gasteiger partial charge in [-0.25, -0.2) is 0 Å². The van der Waals surface area contributed by atoms with Crippen LogP contribution in [0.15, 0.2) is 54.6 Å². The average molecular weight is 266 g/mol. The van der Waals surface area contributed by atoms with Gasteiger partial charge in [0.05, 0.1) is 5.41 Å². The van der Waals surface area contributed by atoms with E-state index in [0.29, 0.717) is 18.8 Å². The summed E-state index contributed by atoms with van der Waals surface area (Å²) in [4.78, 5) is 11.8. The van der Waals surface area contributed by atoms with Crippen LogP contribution >= 0.6 is 0 Å². The minimum absolute atomic E-state index is 0.354. The lowest BCUT2D eigenvalue weighted by Crippen LogP contribution is -2.46. The monoisotopic (exact) mass is 266 g/mol. The van der Waals surface area contributed by atoms with E-state index in [1.165, 1.54) is 5.56 Å². The zero-order valence-electron chi connectivity index (χ0n) is 11.5. The lowest BCUT2D eigenvalue weighted by Gasteiger charge is -2.45. The Morgan fingerprint density at radius 1 is 1.10 bits per heavy atom. The maximum absolute atomic E-state index is 11.8. The van der Waals surface area contributed by atoms with E-state index in [1.54, 1.807) is 0 Å². The maximum atomic E-state index is 11.8. The summed E-state index contributed by atoms with van der Waals surface area (Å²) in [5.74, 6) is -0.344. The van der Waals surface area contributed by atoms with E-state index in [1.807, 2.05) is 49.4 Å². The van der Waals surface area contributed by atoms with Gasteiger partial charge in [0.15, 0.2) is 0 Å². The van der Waals surface area contributed by atoms with Gasteiger partial charge >= 0.3 is 5.97 Å². The zero-order valence-corrected chi connectivity index (χ0v) is 11.5. The molecule has 2 nitrogen and oxygen atoms in total. The molecular weight excluding hydrogens is 248 g/mol. The molecule has 1 aliphatic rings. The van der Waals surface area contributed by atoms with E-state index in [4.69, 9.17) is 0 Å². The molecule has 0 saturated heterocycles. The third-order valence-corrected chi connectivity index (χ3v) is 4.44. The lowest BCUT2D eigenvalue weighted by molar-refractivity contribution is -0.148. The largest absolute Gasteiger partial charge is 0.481 e. The van der Waals surface area contributed by atoms with Crippen molar-refractivity contribution in [2.24, 2.45) is 0 Å². The number of carbonyl (C=O) groups is 1. The summed E-state index contributed by atoms with van der Waals surface area (Å²) in [6, 6.07) is 18.1. The van der Waals surface area contributed by atoms with E-state index >= 15 is 0 Å². The summed E-state index contributed by atoms with van der Waals surface area (Å²) in [7, 11) is 0. The van der Waals surface area contributed by atoms with Crippen molar-refractivity contribution in [3.63, 3.8) is 0 Å². The topological polar surface area (TPSA) is 37.3 Å². The quantitative estimate of drug-likeness (QED) is 0.915. The smallest absolute Gasteiger partial charge is 0.314 e. The Kier molecular flexibility index (Phi) is 3.09. The van der Waals surface area contributed by atoms with Crippen LogP contribution in [-0.2, 0) is 10.2 Å². The Morgan fingerprint density at radius 3 is 2.40 bits per heavy atom. The summed E-state index contributed by atoms with van der Waals surface area (Å²) >= 11 is 0. The first-order valence-electron chi connectivity index (χ1n) is 6.97. The fourth-order valence-electron chi connectivity index (χ4n) is 3.22. The molecule has 3 rings (SSSR count). The first kappa shape index (κ1) is 12.9. The van der Waals surface area contributed by atoms with Crippen LogP contribution < -0.4 is 0 Å². The highest BCUT2D eigenvalue weighted by atomic mass is 16.4. The Balaban J connectivity index is 1.89. The molecule has 1 saturated carbocycles. The van der Waals surface area contributed by atoms with Gasteiger partial charge in [-0.15, -0.1) is 0 Å². The van der Waals surface area contributed by atoms with E-state index in [9.17, 15) is 9.90 Å². The predicted molar refractivity (Wildman–Crippen MR) is 78.9 cm³/mol. The molecule has 1 N–H and O–H groups in total. The second kappa shape index (κ2) is 4.78. The molecule has 2 heteroatoms. The molecule has 0 atom stereocenters. The molecule has 0 unspecified atom stereocenters. The third kappa shape index (κ3) is 2.01. The molecule has 2 aromatic carbocycles. The predicted octanol–water partition coefficient (Wildman–Crippen LogP) is 3.90. The van der Waals surface area contributed by atoms with Gasteiger partial charge in [-0.2, -0.15) is 0 Å². The number of hydrogen-bond donors (Lipinski definition) is 1. The van der Waals surface area contributed by atoms with E-state index in [2.05, 4.69) is 12.1 Å². The van der Waals surface area contributed by atoms with Crippen LogP contribution in [0.3, 0.4) is 0 Å². The fourth-order valence-corrected chi connectivity index (χ4v) is 3.22. The van der Waals surface area contributed by atoms with Gasteiger partial charge in [-0.1, -0.05) is 60.2 Å². The Labute approximate surface area is 119 Å². The van der Waals surface area contributed by atoms with Crippen molar-refractivity contribution >= 4 is 5.97 Å². The van der Waals surface area contributed by atoms with Crippen molar-refractivity contribution in [3.8, 4) is 0 Å². The number of benzene rings is 2. The van der Waals surface area contributed by atoms with Crippen molar-refractivity contribution in [1.82, 2.24) is 0 Å². The molecule has 0 amide bonds. The minimum atomic E-state index is -0.702. The molecule has 1 aliphatic carbocycles. The Bertz CT molecular complexity index is 625. The van der Waals surface area contributed by atoms with Crippen molar-refractivity contribution < 1.29 is 9.90 Å². The highest BCUT2D eigenvalue weighted by Crippen LogP contribution is 2.52. The van der Waals surface area contributed by atoms with Gasteiger partial charge in [0.1, 0.15) is 0 Å².